The van der Waals surface area contributed by atoms with Crippen LogP contribution in [0.5, 0.6) is 5.88 Å². The molecule has 7 heteroatoms. The van der Waals surface area contributed by atoms with Gasteiger partial charge in [-0.1, -0.05) is 35.0 Å². The first-order valence-corrected chi connectivity index (χ1v) is 8.65. The van der Waals surface area contributed by atoms with Crippen LogP contribution in [-0.4, -0.2) is 21.1 Å². The van der Waals surface area contributed by atoms with E-state index >= 15 is 0 Å². The van der Waals surface area contributed by atoms with Crippen molar-refractivity contribution in [3.05, 3.63) is 46.8 Å². The molecule has 0 amide bonds. The summed E-state index contributed by atoms with van der Waals surface area (Å²) >= 11 is 3.51. The molecule has 1 N–H and O–H groups in total. The number of halogens is 1. The second-order valence-corrected chi connectivity index (χ2v) is 6.37. The molecule has 2 aromatic heterocycles. The number of pyridine rings is 1. The van der Waals surface area contributed by atoms with Gasteiger partial charge in [0.05, 0.1) is 12.3 Å². The van der Waals surface area contributed by atoms with Gasteiger partial charge in [-0.2, -0.15) is 10.2 Å². The van der Waals surface area contributed by atoms with Crippen molar-refractivity contribution < 1.29 is 4.74 Å². The van der Waals surface area contributed by atoms with E-state index in [1.54, 1.807) is 6.20 Å². The van der Waals surface area contributed by atoms with Crippen LogP contribution in [0.2, 0.25) is 0 Å². The van der Waals surface area contributed by atoms with Crippen LogP contribution in [0.25, 0.3) is 10.8 Å². The van der Waals surface area contributed by atoms with E-state index in [2.05, 4.69) is 36.2 Å². The monoisotopic (exact) mass is 397 g/mol. The smallest absolute Gasteiger partial charge is 0.253 e. The number of nitrogens with one attached hydrogen (secondary N) is 1. The number of benzene rings is 1. The molecule has 25 heavy (non-hydrogen) atoms. The van der Waals surface area contributed by atoms with Crippen LogP contribution in [0.15, 0.2) is 41.1 Å². The third-order valence-corrected chi connectivity index (χ3v) is 4.39. The minimum absolute atomic E-state index is 0.0483. The lowest BCUT2D eigenvalue weighted by atomic mass is 10.2. The van der Waals surface area contributed by atoms with E-state index in [1.165, 1.54) is 6.20 Å². The topological polar surface area (TPSA) is 83.7 Å². The predicted molar refractivity (Wildman–Crippen MR) is 99.9 cm³/mol. The van der Waals surface area contributed by atoms with Gasteiger partial charge in [0.1, 0.15) is 11.9 Å². The van der Waals surface area contributed by atoms with Gasteiger partial charge in [0.25, 0.3) is 5.88 Å². The van der Waals surface area contributed by atoms with Gasteiger partial charge in [-0.15, -0.1) is 0 Å². The van der Waals surface area contributed by atoms with Crippen molar-refractivity contribution in [2.45, 2.75) is 26.4 Å². The minimum Gasteiger partial charge on any atom is -0.473 e. The van der Waals surface area contributed by atoms with Crippen molar-refractivity contribution >= 4 is 38.3 Å². The van der Waals surface area contributed by atoms with Gasteiger partial charge in [-0.25, -0.2) is 9.97 Å². The Hall–Kier alpha value is -2.72. The maximum absolute atomic E-state index is 9.16. The van der Waals surface area contributed by atoms with E-state index in [-0.39, 0.29) is 17.7 Å². The largest absolute Gasteiger partial charge is 0.473 e. The highest BCUT2D eigenvalue weighted by Crippen LogP contribution is 2.26. The summed E-state index contributed by atoms with van der Waals surface area (Å²) in [5.41, 5.74) is 0.168. The van der Waals surface area contributed by atoms with Gasteiger partial charge < -0.3 is 10.1 Å². The Bertz CT molecular complexity index is 954. The van der Waals surface area contributed by atoms with Gasteiger partial charge in [0.15, 0.2) is 5.82 Å². The average molecular weight is 398 g/mol. The van der Waals surface area contributed by atoms with Crippen molar-refractivity contribution in [3.8, 4) is 11.9 Å². The van der Waals surface area contributed by atoms with Gasteiger partial charge in [0.2, 0.25) is 5.69 Å². The standard InChI is InChI=1S/C18H16BrN5O/c1-3-11(2)25-18-15(8-20)21-10-17(24-18)23-16-7-12-5-4-6-14(19)13(12)9-22-16/h4-7,9-11H,3H2,1-2H3,(H,22,23,24). The summed E-state index contributed by atoms with van der Waals surface area (Å²) in [5, 5.41) is 14.3. The third-order valence-electron chi connectivity index (χ3n) is 3.70. The Labute approximate surface area is 154 Å². The highest BCUT2D eigenvalue weighted by Gasteiger charge is 2.12. The summed E-state index contributed by atoms with van der Waals surface area (Å²) in [6, 6.07) is 9.88. The summed E-state index contributed by atoms with van der Waals surface area (Å²) in [4.78, 5) is 12.9. The predicted octanol–water partition coefficient (Wildman–Crippen LogP) is 4.58. The average Bonchev–Trinajstić information content (AvgIpc) is 2.62. The molecule has 0 saturated carbocycles. The Balaban J connectivity index is 1.90. The number of nitriles is 1. The number of aromatic nitrogens is 3. The number of hydrogen-bond acceptors (Lipinski definition) is 6. The Morgan fingerprint density at radius 2 is 2.12 bits per heavy atom. The molecule has 3 aromatic rings. The van der Waals surface area contributed by atoms with Gasteiger partial charge in [-0.3, -0.25) is 0 Å². The maximum Gasteiger partial charge on any atom is 0.253 e. The highest BCUT2D eigenvalue weighted by molar-refractivity contribution is 9.10. The quantitative estimate of drug-likeness (QED) is 0.677. The lowest BCUT2D eigenvalue weighted by molar-refractivity contribution is 0.207. The molecule has 0 bridgehead atoms. The number of rotatable bonds is 5. The fourth-order valence-electron chi connectivity index (χ4n) is 2.20. The molecule has 126 valence electrons. The van der Waals surface area contributed by atoms with Crippen molar-refractivity contribution in [2.75, 3.05) is 5.32 Å². The molecule has 0 saturated heterocycles. The molecule has 6 nitrogen and oxygen atoms in total. The van der Waals surface area contributed by atoms with Crippen molar-refractivity contribution in [1.29, 1.82) is 5.26 Å². The molecule has 0 aliphatic heterocycles. The van der Waals surface area contributed by atoms with Crippen LogP contribution in [0.3, 0.4) is 0 Å². The first kappa shape index (κ1) is 17.1. The number of anilines is 2. The second kappa shape index (κ2) is 7.45. The van der Waals surface area contributed by atoms with Crippen LogP contribution < -0.4 is 10.1 Å². The third kappa shape index (κ3) is 3.86. The normalized spacial score (nSPS) is 11.8. The van der Waals surface area contributed by atoms with E-state index < -0.39 is 0 Å². The lowest BCUT2D eigenvalue weighted by Gasteiger charge is -2.13. The molecule has 1 atom stereocenters. The zero-order chi connectivity index (χ0) is 17.8. The summed E-state index contributed by atoms with van der Waals surface area (Å²) < 4.78 is 6.68. The Morgan fingerprint density at radius 3 is 2.88 bits per heavy atom. The lowest BCUT2D eigenvalue weighted by Crippen LogP contribution is -2.13. The fourth-order valence-corrected chi connectivity index (χ4v) is 2.68. The first-order valence-electron chi connectivity index (χ1n) is 7.85. The molecule has 0 aliphatic carbocycles. The van der Waals surface area contributed by atoms with Crippen molar-refractivity contribution in [1.82, 2.24) is 15.0 Å². The van der Waals surface area contributed by atoms with Crippen molar-refractivity contribution in [3.63, 3.8) is 0 Å². The fraction of sp³-hybridized carbons (Fsp3) is 0.222. The molecule has 2 heterocycles. The number of fused-ring (bicyclic) bond motifs is 1. The summed E-state index contributed by atoms with van der Waals surface area (Å²) in [6.07, 6.45) is 4.04. The van der Waals surface area contributed by atoms with Gasteiger partial charge in [-0.05, 0) is 30.9 Å². The maximum atomic E-state index is 9.16. The molecular formula is C18H16BrN5O. The summed E-state index contributed by atoms with van der Waals surface area (Å²) in [7, 11) is 0. The number of hydrogen-bond donors (Lipinski definition) is 1. The van der Waals surface area contributed by atoms with Crippen LogP contribution in [0.4, 0.5) is 11.6 Å². The molecule has 0 aliphatic rings. The molecule has 1 unspecified atom stereocenters. The molecule has 0 radical (unpaired) electrons. The van der Waals surface area contributed by atoms with E-state index in [4.69, 9.17) is 10.00 Å². The van der Waals surface area contributed by atoms with Crippen LogP contribution in [0.1, 0.15) is 26.0 Å². The van der Waals surface area contributed by atoms with Crippen LogP contribution >= 0.6 is 15.9 Å². The first-order chi connectivity index (χ1) is 12.1. The number of ether oxygens (including phenoxy) is 1. The highest BCUT2D eigenvalue weighted by atomic mass is 79.9. The molecule has 3 rings (SSSR count). The van der Waals surface area contributed by atoms with Gasteiger partial charge in [0, 0.05) is 16.1 Å². The molecule has 0 spiro atoms. The minimum atomic E-state index is -0.0483. The van der Waals surface area contributed by atoms with Crippen molar-refractivity contribution in [2.24, 2.45) is 0 Å². The van der Waals surface area contributed by atoms with Gasteiger partial charge >= 0.3 is 0 Å². The summed E-state index contributed by atoms with van der Waals surface area (Å²) in [6.45, 7) is 3.93. The summed E-state index contributed by atoms with van der Waals surface area (Å²) in [5.74, 6) is 1.34. The Morgan fingerprint density at radius 1 is 1.28 bits per heavy atom. The second-order valence-electron chi connectivity index (χ2n) is 5.51. The van der Waals surface area contributed by atoms with E-state index in [0.717, 1.165) is 21.7 Å². The molecule has 0 fully saturated rings. The van der Waals surface area contributed by atoms with Crippen LogP contribution in [0, 0.1) is 11.3 Å². The zero-order valence-electron chi connectivity index (χ0n) is 13.8. The van der Waals surface area contributed by atoms with E-state index in [0.29, 0.717) is 11.6 Å². The molecular weight excluding hydrogens is 382 g/mol. The van der Waals surface area contributed by atoms with Crippen LogP contribution in [-0.2, 0) is 0 Å². The SMILES string of the molecule is CCC(C)Oc1nc(Nc2cc3cccc(Br)c3cn2)cnc1C#N. The Kier molecular flexibility index (Phi) is 5.10. The van der Waals surface area contributed by atoms with E-state index in [9.17, 15) is 0 Å². The number of nitrogens with zero attached hydrogens (tertiary/aromatic N) is 4. The van der Waals surface area contributed by atoms with E-state index in [1.807, 2.05) is 44.2 Å². The molecule has 1 aromatic carbocycles. The zero-order valence-corrected chi connectivity index (χ0v) is 15.4.